The van der Waals surface area contributed by atoms with Crippen molar-refractivity contribution in [3.05, 3.63) is 57.0 Å². The van der Waals surface area contributed by atoms with Crippen molar-refractivity contribution < 1.29 is 4.79 Å². The molecule has 1 N–H and O–H groups in total. The van der Waals surface area contributed by atoms with E-state index in [1.807, 2.05) is 61.7 Å². The molecule has 28 heavy (non-hydrogen) atoms. The lowest BCUT2D eigenvalue weighted by molar-refractivity contribution is -0.113. The highest BCUT2D eigenvalue weighted by atomic mass is 79.9. The largest absolute Gasteiger partial charge is 0.325 e. The normalized spacial score (nSPS) is 10.9. The highest BCUT2D eigenvalue weighted by molar-refractivity contribution is 9.10. The Kier molecular flexibility index (Phi) is 6.80. The van der Waals surface area contributed by atoms with E-state index in [1.165, 1.54) is 11.8 Å². The summed E-state index contributed by atoms with van der Waals surface area (Å²) in [6, 6.07) is 11.3. The molecule has 1 aromatic heterocycles. The summed E-state index contributed by atoms with van der Waals surface area (Å²) in [6.45, 7) is 6.75. The number of nitrogens with zero attached hydrogens (tertiary/aromatic N) is 3. The molecular formula is C20H20BrClN4OS. The first kappa shape index (κ1) is 20.9. The van der Waals surface area contributed by atoms with Crippen LogP contribution in [0.15, 0.2) is 46.0 Å². The quantitative estimate of drug-likeness (QED) is 0.459. The predicted octanol–water partition coefficient (Wildman–Crippen LogP) is 5.73. The molecule has 3 aromatic rings. The topological polar surface area (TPSA) is 59.8 Å². The molecule has 1 amide bonds. The van der Waals surface area contributed by atoms with Gasteiger partial charge in [0.25, 0.3) is 0 Å². The van der Waals surface area contributed by atoms with Gasteiger partial charge < -0.3 is 9.88 Å². The molecule has 0 bridgehead atoms. The Hall–Kier alpha value is -1.83. The van der Waals surface area contributed by atoms with Crippen LogP contribution in [-0.4, -0.2) is 26.4 Å². The minimum atomic E-state index is -0.0754. The molecule has 146 valence electrons. The van der Waals surface area contributed by atoms with E-state index in [-0.39, 0.29) is 11.7 Å². The molecule has 2 aromatic carbocycles. The SMILES string of the molecule is CCn1c(SCC(=O)Nc2ccc(Br)c(C)c2C)nnc1-c1ccc(Cl)cc1. The van der Waals surface area contributed by atoms with Crippen molar-refractivity contribution in [3.63, 3.8) is 0 Å². The highest BCUT2D eigenvalue weighted by Crippen LogP contribution is 2.27. The molecule has 1 heterocycles. The number of hydrogen-bond donors (Lipinski definition) is 1. The molecule has 0 fully saturated rings. The zero-order valence-electron chi connectivity index (χ0n) is 15.8. The zero-order chi connectivity index (χ0) is 20.3. The molecule has 0 aliphatic carbocycles. The fourth-order valence-corrected chi connectivity index (χ4v) is 4.09. The lowest BCUT2D eigenvalue weighted by atomic mass is 10.1. The van der Waals surface area contributed by atoms with Crippen molar-refractivity contribution in [1.82, 2.24) is 14.8 Å². The van der Waals surface area contributed by atoms with Crippen molar-refractivity contribution >= 4 is 50.9 Å². The number of carbonyl (C=O) groups excluding carboxylic acids is 1. The lowest BCUT2D eigenvalue weighted by Gasteiger charge is -2.12. The first-order valence-electron chi connectivity index (χ1n) is 8.78. The molecule has 5 nitrogen and oxygen atoms in total. The molecule has 0 radical (unpaired) electrons. The Morgan fingerprint density at radius 2 is 1.86 bits per heavy atom. The predicted molar refractivity (Wildman–Crippen MR) is 119 cm³/mol. The maximum atomic E-state index is 12.4. The average Bonchev–Trinajstić information content (AvgIpc) is 3.10. The number of rotatable bonds is 6. The van der Waals surface area contributed by atoms with Gasteiger partial charge in [-0.1, -0.05) is 39.3 Å². The minimum absolute atomic E-state index is 0.0754. The number of halogens is 2. The van der Waals surface area contributed by atoms with Crippen LogP contribution in [0.2, 0.25) is 5.02 Å². The van der Waals surface area contributed by atoms with Gasteiger partial charge in [-0.3, -0.25) is 4.79 Å². The zero-order valence-corrected chi connectivity index (χ0v) is 19.0. The van der Waals surface area contributed by atoms with Crippen LogP contribution in [0.1, 0.15) is 18.1 Å². The summed E-state index contributed by atoms with van der Waals surface area (Å²) in [6.07, 6.45) is 0. The van der Waals surface area contributed by atoms with Gasteiger partial charge in [-0.05, 0) is 68.3 Å². The molecular weight excluding hydrogens is 460 g/mol. The second-order valence-corrected chi connectivity index (χ2v) is 8.47. The number of anilines is 1. The molecule has 8 heteroatoms. The van der Waals surface area contributed by atoms with E-state index in [9.17, 15) is 4.79 Å². The van der Waals surface area contributed by atoms with E-state index in [4.69, 9.17) is 11.6 Å². The van der Waals surface area contributed by atoms with Gasteiger partial charge in [0.15, 0.2) is 11.0 Å². The van der Waals surface area contributed by atoms with Gasteiger partial charge in [0.1, 0.15) is 0 Å². The standard InChI is InChI=1S/C20H20BrClN4OS/c1-4-26-19(14-5-7-15(22)8-6-14)24-25-20(26)28-11-18(27)23-17-10-9-16(21)12(2)13(17)3/h5-10H,4,11H2,1-3H3,(H,23,27). The Morgan fingerprint density at radius 1 is 1.14 bits per heavy atom. The number of benzene rings is 2. The van der Waals surface area contributed by atoms with Crippen LogP contribution in [-0.2, 0) is 11.3 Å². The number of hydrogen-bond acceptors (Lipinski definition) is 4. The molecule has 0 aliphatic heterocycles. The summed E-state index contributed by atoms with van der Waals surface area (Å²) in [7, 11) is 0. The van der Waals surface area contributed by atoms with E-state index in [1.54, 1.807) is 0 Å². The van der Waals surface area contributed by atoms with Crippen LogP contribution >= 0.6 is 39.3 Å². The van der Waals surface area contributed by atoms with Crippen LogP contribution in [0.25, 0.3) is 11.4 Å². The Labute approximate surface area is 182 Å². The number of thioether (sulfide) groups is 1. The van der Waals surface area contributed by atoms with Gasteiger partial charge in [-0.15, -0.1) is 10.2 Å². The van der Waals surface area contributed by atoms with Crippen LogP contribution in [0, 0.1) is 13.8 Å². The van der Waals surface area contributed by atoms with Crippen LogP contribution < -0.4 is 5.32 Å². The Morgan fingerprint density at radius 3 is 2.54 bits per heavy atom. The van der Waals surface area contributed by atoms with Crippen molar-refractivity contribution in [3.8, 4) is 11.4 Å². The molecule has 0 unspecified atom stereocenters. The molecule has 0 saturated carbocycles. The van der Waals surface area contributed by atoms with E-state index < -0.39 is 0 Å². The van der Waals surface area contributed by atoms with E-state index in [2.05, 4.69) is 31.4 Å². The summed E-state index contributed by atoms with van der Waals surface area (Å²) in [4.78, 5) is 12.4. The first-order chi connectivity index (χ1) is 13.4. The third kappa shape index (κ3) is 4.59. The van der Waals surface area contributed by atoms with Crippen LogP contribution in [0.3, 0.4) is 0 Å². The van der Waals surface area contributed by atoms with Gasteiger partial charge >= 0.3 is 0 Å². The second-order valence-electron chi connectivity index (χ2n) is 6.24. The van der Waals surface area contributed by atoms with Gasteiger partial charge in [-0.2, -0.15) is 0 Å². The maximum Gasteiger partial charge on any atom is 0.234 e. The third-order valence-corrected chi connectivity index (χ3v) is 6.54. The minimum Gasteiger partial charge on any atom is -0.325 e. The van der Waals surface area contributed by atoms with Crippen molar-refractivity contribution in [2.75, 3.05) is 11.1 Å². The number of carbonyl (C=O) groups is 1. The van der Waals surface area contributed by atoms with Gasteiger partial charge in [-0.25, -0.2) is 0 Å². The van der Waals surface area contributed by atoms with Crippen LogP contribution in [0.4, 0.5) is 5.69 Å². The lowest BCUT2D eigenvalue weighted by Crippen LogP contribution is -2.15. The summed E-state index contributed by atoms with van der Waals surface area (Å²) in [5.41, 5.74) is 3.93. The third-order valence-electron chi connectivity index (χ3n) is 4.46. The molecule has 0 atom stereocenters. The summed E-state index contributed by atoms with van der Waals surface area (Å²) in [5.74, 6) is 0.947. The summed E-state index contributed by atoms with van der Waals surface area (Å²) in [5, 5.41) is 12.9. The van der Waals surface area contributed by atoms with E-state index >= 15 is 0 Å². The van der Waals surface area contributed by atoms with Crippen LogP contribution in [0.5, 0.6) is 0 Å². The van der Waals surface area contributed by atoms with Gasteiger partial charge in [0.2, 0.25) is 5.91 Å². The van der Waals surface area contributed by atoms with Crippen molar-refractivity contribution in [1.29, 1.82) is 0 Å². The second kappa shape index (κ2) is 9.11. The fraction of sp³-hybridized carbons (Fsp3) is 0.250. The van der Waals surface area contributed by atoms with E-state index in [0.29, 0.717) is 16.7 Å². The molecule has 0 aliphatic rings. The maximum absolute atomic E-state index is 12.4. The molecule has 3 rings (SSSR count). The molecule has 0 spiro atoms. The number of amides is 1. The van der Waals surface area contributed by atoms with Crippen molar-refractivity contribution in [2.45, 2.75) is 32.5 Å². The molecule has 0 saturated heterocycles. The highest BCUT2D eigenvalue weighted by Gasteiger charge is 2.15. The number of nitrogens with one attached hydrogen (secondary N) is 1. The fourth-order valence-electron chi connectivity index (χ4n) is 2.73. The number of aromatic nitrogens is 3. The Balaban J connectivity index is 1.70. The first-order valence-corrected chi connectivity index (χ1v) is 10.9. The summed E-state index contributed by atoms with van der Waals surface area (Å²) >= 11 is 10.8. The average molecular weight is 480 g/mol. The monoisotopic (exact) mass is 478 g/mol. The van der Waals surface area contributed by atoms with Crippen molar-refractivity contribution in [2.24, 2.45) is 0 Å². The Bertz CT molecular complexity index is 1000. The van der Waals surface area contributed by atoms with Gasteiger partial charge in [0, 0.05) is 27.3 Å². The summed E-state index contributed by atoms with van der Waals surface area (Å²) < 4.78 is 3.03. The van der Waals surface area contributed by atoms with E-state index in [0.717, 1.165) is 32.7 Å². The van der Waals surface area contributed by atoms with Gasteiger partial charge in [0.05, 0.1) is 5.75 Å². The smallest absolute Gasteiger partial charge is 0.234 e.